The Hall–Kier alpha value is -1.81. The third kappa shape index (κ3) is 2.63. The van der Waals surface area contributed by atoms with Crippen molar-refractivity contribution >= 4 is 21.6 Å². The zero-order valence-corrected chi connectivity index (χ0v) is 12.1. The SMILES string of the molecule is COc1ccn2cc(Cc3ccc(Br)cc3)nc2c1. The van der Waals surface area contributed by atoms with Gasteiger partial charge in [-0.15, -0.1) is 0 Å². The molecule has 1 aromatic carbocycles. The van der Waals surface area contributed by atoms with Crippen LogP contribution >= 0.6 is 15.9 Å². The Labute approximate surface area is 120 Å². The van der Waals surface area contributed by atoms with Crippen LogP contribution in [0, 0.1) is 0 Å². The number of fused-ring (bicyclic) bond motifs is 1. The van der Waals surface area contributed by atoms with Crippen LogP contribution in [0.2, 0.25) is 0 Å². The Balaban J connectivity index is 1.90. The van der Waals surface area contributed by atoms with Crippen molar-refractivity contribution < 1.29 is 4.74 Å². The normalized spacial score (nSPS) is 10.8. The summed E-state index contributed by atoms with van der Waals surface area (Å²) in [6.07, 6.45) is 4.85. The molecule has 0 amide bonds. The fourth-order valence-electron chi connectivity index (χ4n) is 2.04. The van der Waals surface area contributed by atoms with Crippen molar-refractivity contribution in [3.63, 3.8) is 0 Å². The van der Waals surface area contributed by atoms with Gasteiger partial charge in [-0.1, -0.05) is 28.1 Å². The van der Waals surface area contributed by atoms with E-state index in [2.05, 4.69) is 39.2 Å². The molecule has 3 nitrogen and oxygen atoms in total. The number of pyridine rings is 1. The average molecular weight is 317 g/mol. The topological polar surface area (TPSA) is 26.5 Å². The van der Waals surface area contributed by atoms with Crippen molar-refractivity contribution in [2.45, 2.75) is 6.42 Å². The Kier molecular flexibility index (Phi) is 3.25. The smallest absolute Gasteiger partial charge is 0.140 e. The molecule has 0 aliphatic carbocycles. The summed E-state index contributed by atoms with van der Waals surface area (Å²) in [6.45, 7) is 0. The van der Waals surface area contributed by atoms with Crippen LogP contribution in [0.5, 0.6) is 5.75 Å². The zero-order chi connectivity index (χ0) is 13.2. The van der Waals surface area contributed by atoms with Gasteiger partial charge in [-0.05, 0) is 23.8 Å². The number of methoxy groups -OCH3 is 1. The van der Waals surface area contributed by atoms with E-state index in [-0.39, 0.29) is 0 Å². The second kappa shape index (κ2) is 5.05. The van der Waals surface area contributed by atoms with E-state index in [9.17, 15) is 0 Å². The monoisotopic (exact) mass is 316 g/mol. The van der Waals surface area contributed by atoms with E-state index in [1.807, 2.05) is 34.9 Å². The lowest BCUT2D eigenvalue weighted by atomic mass is 10.1. The molecule has 0 radical (unpaired) electrons. The van der Waals surface area contributed by atoms with E-state index in [1.165, 1.54) is 5.56 Å². The molecule has 0 bridgehead atoms. The van der Waals surface area contributed by atoms with Gasteiger partial charge >= 0.3 is 0 Å². The van der Waals surface area contributed by atoms with Crippen LogP contribution in [-0.2, 0) is 6.42 Å². The summed E-state index contributed by atoms with van der Waals surface area (Å²) in [5.41, 5.74) is 3.21. The van der Waals surface area contributed by atoms with Gasteiger partial charge in [-0.2, -0.15) is 0 Å². The van der Waals surface area contributed by atoms with Crippen LogP contribution in [0.15, 0.2) is 53.3 Å². The fourth-order valence-corrected chi connectivity index (χ4v) is 2.30. The molecule has 2 heterocycles. The molecule has 0 saturated carbocycles. The second-order valence-corrected chi connectivity index (χ2v) is 5.28. The minimum atomic E-state index is 0.827. The highest BCUT2D eigenvalue weighted by Gasteiger charge is 2.04. The van der Waals surface area contributed by atoms with E-state index in [1.54, 1.807) is 7.11 Å². The van der Waals surface area contributed by atoms with Crippen LogP contribution in [0.4, 0.5) is 0 Å². The van der Waals surface area contributed by atoms with E-state index in [0.717, 1.165) is 28.0 Å². The Morgan fingerprint density at radius 2 is 2.00 bits per heavy atom. The van der Waals surface area contributed by atoms with E-state index in [0.29, 0.717) is 0 Å². The minimum Gasteiger partial charge on any atom is -0.497 e. The summed E-state index contributed by atoms with van der Waals surface area (Å²) in [5, 5.41) is 0. The number of hydrogen-bond acceptors (Lipinski definition) is 2. The van der Waals surface area contributed by atoms with Crippen molar-refractivity contribution in [1.29, 1.82) is 0 Å². The largest absolute Gasteiger partial charge is 0.497 e. The molecule has 19 heavy (non-hydrogen) atoms. The predicted molar refractivity (Wildman–Crippen MR) is 78.7 cm³/mol. The van der Waals surface area contributed by atoms with E-state index < -0.39 is 0 Å². The molecule has 0 atom stereocenters. The maximum absolute atomic E-state index is 5.20. The van der Waals surface area contributed by atoms with Crippen LogP contribution in [0.1, 0.15) is 11.3 Å². The molecule has 3 rings (SSSR count). The summed E-state index contributed by atoms with van der Waals surface area (Å²) in [7, 11) is 1.66. The van der Waals surface area contributed by atoms with Gasteiger partial charge in [0.2, 0.25) is 0 Å². The second-order valence-electron chi connectivity index (χ2n) is 4.37. The third-order valence-electron chi connectivity index (χ3n) is 3.02. The molecule has 0 aliphatic rings. The Morgan fingerprint density at radius 3 is 2.74 bits per heavy atom. The number of aromatic nitrogens is 2. The first kappa shape index (κ1) is 12.2. The number of ether oxygens (including phenoxy) is 1. The van der Waals surface area contributed by atoms with E-state index >= 15 is 0 Å². The molecule has 96 valence electrons. The van der Waals surface area contributed by atoms with Gasteiger partial charge in [-0.25, -0.2) is 4.98 Å². The molecule has 0 fully saturated rings. The third-order valence-corrected chi connectivity index (χ3v) is 3.54. The highest BCUT2D eigenvalue weighted by atomic mass is 79.9. The number of hydrogen-bond donors (Lipinski definition) is 0. The molecule has 0 saturated heterocycles. The number of nitrogens with zero attached hydrogens (tertiary/aromatic N) is 2. The van der Waals surface area contributed by atoms with E-state index in [4.69, 9.17) is 4.74 Å². The van der Waals surface area contributed by atoms with Crippen LogP contribution in [-0.4, -0.2) is 16.5 Å². The van der Waals surface area contributed by atoms with Gasteiger partial charge in [0.15, 0.2) is 0 Å². The van der Waals surface area contributed by atoms with Gasteiger partial charge in [0.25, 0.3) is 0 Å². The summed E-state index contributed by atoms with van der Waals surface area (Å²) >= 11 is 3.44. The van der Waals surface area contributed by atoms with Gasteiger partial charge in [0, 0.05) is 29.4 Å². The number of benzene rings is 1. The fraction of sp³-hybridized carbons (Fsp3) is 0.133. The molecule has 0 aliphatic heterocycles. The summed E-state index contributed by atoms with van der Waals surface area (Å²) < 4.78 is 8.31. The van der Waals surface area contributed by atoms with Crippen molar-refractivity contribution in [2.24, 2.45) is 0 Å². The maximum atomic E-state index is 5.20. The lowest BCUT2D eigenvalue weighted by Gasteiger charge is -1.98. The standard InChI is InChI=1S/C15H13BrN2O/c1-19-14-6-7-18-10-13(17-15(18)9-14)8-11-2-4-12(16)5-3-11/h2-7,9-10H,8H2,1H3. The summed E-state index contributed by atoms with van der Waals surface area (Å²) in [4.78, 5) is 4.61. The predicted octanol–water partition coefficient (Wildman–Crippen LogP) is 3.70. The van der Waals surface area contributed by atoms with Crippen LogP contribution in [0.25, 0.3) is 5.65 Å². The first-order valence-corrected chi connectivity index (χ1v) is 6.80. The first-order valence-electron chi connectivity index (χ1n) is 6.01. The molecule has 0 spiro atoms. The molecule has 3 aromatic rings. The Morgan fingerprint density at radius 1 is 1.21 bits per heavy atom. The molecular weight excluding hydrogens is 304 g/mol. The molecular formula is C15H13BrN2O. The molecule has 4 heteroatoms. The molecule has 0 unspecified atom stereocenters. The molecule has 2 aromatic heterocycles. The lowest BCUT2D eigenvalue weighted by molar-refractivity contribution is 0.414. The van der Waals surface area contributed by atoms with Gasteiger partial charge in [0.1, 0.15) is 11.4 Å². The van der Waals surface area contributed by atoms with Crippen LogP contribution < -0.4 is 4.74 Å². The van der Waals surface area contributed by atoms with Crippen molar-refractivity contribution in [3.8, 4) is 5.75 Å². The van der Waals surface area contributed by atoms with Crippen molar-refractivity contribution in [2.75, 3.05) is 7.11 Å². The number of rotatable bonds is 3. The highest BCUT2D eigenvalue weighted by molar-refractivity contribution is 9.10. The zero-order valence-electron chi connectivity index (χ0n) is 10.5. The summed E-state index contributed by atoms with van der Waals surface area (Å²) in [6, 6.07) is 12.2. The molecule has 0 N–H and O–H groups in total. The number of halogens is 1. The Bertz CT molecular complexity index is 704. The van der Waals surface area contributed by atoms with Crippen molar-refractivity contribution in [1.82, 2.24) is 9.38 Å². The van der Waals surface area contributed by atoms with Gasteiger partial charge in [0.05, 0.1) is 12.8 Å². The average Bonchev–Trinajstić information content (AvgIpc) is 2.82. The highest BCUT2D eigenvalue weighted by Crippen LogP contribution is 2.17. The first-order chi connectivity index (χ1) is 9.24. The minimum absolute atomic E-state index is 0.827. The number of imidazole rings is 1. The van der Waals surface area contributed by atoms with Gasteiger partial charge in [-0.3, -0.25) is 0 Å². The quantitative estimate of drug-likeness (QED) is 0.736. The van der Waals surface area contributed by atoms with Gasteiger partial charge < -0.3 is 9.14 Å². The van der Waals surface area contributed by atoms with Crippen molar-refractivity contribution in [3.05, 3.63) is 64.5 Å². The maximum Gasteiger partial charge on any atom is 0.140 e. The summed E-state index contributed by atoms with van der Waals surface area (Å²) in [5.74, 6) is 0.827. The lowest BCUT2D eigenvalue weighted by Crippen LogP contribution is -1.87. The van der Waals surface area contributed by atoms with Crippen LogP contribution in [0.3, 0.4) is 0 Å².